The topological polar surface area (TPSA) is 83.5 Å². The van der Waals surface area contributed by atoms with Crippen molar-refractivity contribution < 1.29 is 34.4 Å². The van der Waals surface area contributed by atoms with Crippen molar-refractivity contribution in [3.8, 4) is 0 Å². The summed E-state index contributed by atoms with van der Waals surface area (Å²) in [7, 11) is -8.05. The van der Waals surface area contributed by atoms with Crippen molar-refractivity contribution >= 4 is 25.7 Å². The van der Waals surface area contributed by atoms with E-state index in [9.17, 15) is 34.4 Å². The minimum atomic E-state index is -4.99. The molecule has 0 unspecified atom stereocenters. The van der Waals surface area contributed by atoms with Gasteiger partial charge in [-0.15, -0.1) is 0 Å². The third-order valence-electron chi connectivity index (χ3n) is 4.36. The van der Waals surface area contributed by atoms with Gasteiger partial charge < -0.3 is 0 Å². The number of hydrogen-bond acceptors (Lipinski definition) is 4. The zero-order chi connectivity index (χ0) is 21.4. The van der Waals surface area contributed by atoms with E-state index in [4.69, 9.17) is 0 Å². The summed E-state index contributed by atoms with van der Waals surface area (Å²) >= 11 is 0. The normalized spacial score (nSPS) is 16.1. The Morgan fingerprint density at radius 3 is 1.97 bits per heavy atom. The zero-order valence-electron chi connectivity index (χ0n) is 14.8. The van der Waals surface area contributed by atoms with Gasteiger partial charge in [-0.1, -0.05) is 0 Å². The SMILES string of the molecule is O=S(=O)(Nc1ccc(F)c(C(F)(F)F)c1)c1ccc(S(=O)(=O)N2CCCC2)cc1. The van der Waals surface area contributed by atoms with Gasteiger partial charge in [-0.2, -0.15) is 17.5 Å². The Kier molecular flexibility index (Phi) is 5.62. The number of nitrogens with one attached hydrogen (secondary N) is 1. The van der Waals surface area contributed by atoms with E-state index in [-0.39, 0.29) is 9.79 Å². The van der Waals surface area contributed by atoms with Crippen LogP contribution in [-0.4, -0.2) is 34.2 Å². The quantitative estimate of drug-likeness (QED) is 0.705. The van der Waals surface area contributed by atoms with E-state index in [1.165, 1.54) is 4.31 Å². The number of alkyl halides is 3. The Hall–Kier alpha value is -2.18. The number of nitrogens with zero attached hydrogens (tertiary/aromatic N) is 1. The van der Waals surface area contributed by atoms with E-state index >= 15 is 0 Å². The lowest BCUT2D eigenvalue weighted by Gasteiger charge is -2.16. The Bertz CT molecular complexity index is 1110. The molecule has 1 heterocycles. The minimum absolute atomic E-state index is 0.0838. The highest BCUT2D eigenvalue weighted by Crippen LogP contribution is 2.33. The first-order valence-electron chi connectivity index (χ1n) is 8.41. The average Bonchev–Trinajstić information content (AvgIpc) is 3.18. The Morgan fingerprint density at radius 2 is 1.41 bits per heavy atom. The lowest BCUT2D eigenvalue weighted by atomic mass is 10.2. The van der Waals surface area contributed by atoms with E-state index < -0.39 is 43.3 Å². The van der Waals surface area contributed by atoms with Gasteiger partial charge >= 0.3 is 6.18 Å². The highest BCUT2D eigenvalue weighted by Gasteiger charge is 2.34. The third-order valence-corrected chi connectivity index (χ3v) is 7.67. The lowest BCUT2D eigenvalue weighted by Crippen LogP contribution is -2.27. The molecule has 0 aromatic heterocycles. The van der Waals surface area contributed by atoms with Crippen LogP contribution in [-0.2, 0) is 26.2 Å². The van der Waals surface area contributed by atoms with Crippen molar-refractivity contribution in [1.29, 1.82) is 0 Å². The smallest absolute Gasteiger partial charge is 0.280 e. The Balaban J connectivity index is 1.85. The summed E-state index contributed by atoms with van der Waals surface area (Å²) in [5.74, 6) is -1.53. The standard InChI is InChI=1S/C17H16F4N2O4S2/c18-16-8-3-12(11-15(16)17(19,20)21)22-28(24,25)13-4-6-14(7-5-13)29(26,27)23-9-1-2-10-23/h3-8,11,22H,1-2,9-10H2. The van der Waals surface area contributed by atoms with Crippen LogP contribution in [0.2, 0.25) is 0 Å². The first-order valence-corrected chi connectivity index (χ1v) is 11.3. The van der Waals surface area contributed by atoms with Gasteiger partial charge in [-0.05, 0) is 55.3 Å². The second kappa shape index (κ2) is 7.58. The van der Waals surface area contributed by atoms with Gasteiger partial charge in [0.05, 0.1) is 15.4 Å². The van der Waals surface area contributed by atoms with E-state index in [2.05, 4.69) is 0 Å². The van der Waals surface area contributed by atoms with E-state index in [1.54, 1.807) is 0 Å². The number of benzene rings is 2. The molecule has 29 heavy (non-hydrogen) atoms. The monoisotopic (exact) mass is 452 g/mol. The van der Waals surface area contributed by atoms with Crippen LogP contribution in [0, 0.1) is 5.82 Å². The summed E-state index contributed by atoms with van der Waals surface area (Å²) in [5, 5.41) is 0. The number of anilines is 1. The number of halogens is 4. The van der Waals surface area contributed by atoms with Crippen molar-refractivity contribution in [3.05, 3.63) is 53.8 Å². The molecule has 1 N–H and O–H groups in total. The van der Waals surface area contributed by atoms with Gasteiger partial charge in [0.25, 0.3) is 10.0 Å². The highest BCUT2D eigenvalue weighted by atomic mass is 32.2. The van der Waals surface area contributed by atoms with Gasteiger partial charge in [0.1, 0.15) is 5.82 Å². The first-order chi connectivity index (χ1) is 13.4. The van der Waals surface area contributed by atoms with Crippen LogP contribution >= 0.6 is 0 Å². The van der Waals surface area contributed by atoms with E-state index in [1.807, 2.05) is 4.72 Å². The van der Waals surface area contributed by atoms with Crippen LogP contribution in [0.5, 0.6) is 0 Å². The molecule has 1 aliphatic heterocycles. The molecule has 0 spiro atoms. The predicted molar refractivity (Wildman–Crippen MR) is 96.6 cm³/mol. The maximum absolute atomic E-state index is 13.3. The number of rotatable bonds is 5. The minimum Gasteiger partial charge on any atom is -0.280 e. The lowest BCUT2D eigenvalue weighted by molar-refractivity contribution is -0.139. The largest absolute Gasteiger partial charge is 0.419 e. The molecule has 0 bridgehead atoms. The summed E-state index contributed by atoms with van der Waals surface area (Å²) in [5.41, 5.74) is -2.09. The predicted octanol–water partition coefficient (Wildman–Crippen LogP) is 3.43. The summed E-state index contributed by atoms with van der Waals surface area (Å²) in [6, 6.07) is 6.03. The second-order valence-corrected chi connectivity index (χ2v) is 10.0. The molecule has 3 rings (SSSR count). The fourth-order valence-electron chi connectivity index (χ4n) is 2.89. The van der Waals surface area contributed by atoms with Gasteiger partial charge in [0.2, 0.25) is 10.0 Å². The fourth-order valence-corrected chi connectivity index (χ4v) is 5.45. The number of hydrogen-bond donors (Lipinski definition) is 1. The molecule has 12 heteroatoms. The highest BCUT2D eigenvalue weighted by molar-refractivity contribution is 7.92. The summed E-state index contributed by atoms with van der Waals surface area (Å²) in [4.78, 5) is -0.435. The maximum atomic E-state index is 13.3. The van der Waals surface area contributed by atoms with E-state index in [0.29, 0.717) is 25.2 Å². The van der Waals surface area contributed by atoms with Gasteiger partial charge in [-0.25, -0.2) is 21.2 Å². The van der Waals surface area contributed by atoms with Gasteiger partial charge in [-0.3, -0.25) is 4.72 Å². The number of sulfonamides is 2. The summed E-state index contributed by atoms with van der Waals surface area (Å²) in [6.45, 7) is 0.770. The fraction of sp³-hybridized carbons (Fsp3) is 0.294. The van der Waals surface area contributed by atoms with Crippen LogP contribution in [0.4, 0.5) is 23.2 Å². The molecule has 2 aromatic carbocycles. The summed E-state index contributed by atoms with van der Waals surface area (Å²) < 4.78 is 105. The molecule has 1 saturated heterocycles. The van der Waals surface area contributed by atoms with Crippen LogP contribution in [0.25, 0.3) is 0 Å². The van der Waals surface area contributed by atoms with E-state index in [0.717, 1.165) is 43.2 Å². The molecule has 6 nitrogen and oxygen atoms in total. The molecular formula is C17H16F4N2O4S2. The van der Waals surface area contributed by atoms with Crippen LogP contribution in [0.1, 0.15) is 18.4 Å². The average molecular weight is 452 g/mol. The molecule has 0 atom stereocenters. The molecule has 0 aliphatic carbocycles. The van der Waals surface area contributed by atoms with Crippen LogP contribution < -0.4 is 4.72 Å². The van der Waals surface area contributed by atoms with Crippen molar-refractivity contribution in [3.63, 3.8) is 0 Å². The molecule has 0 amide bonds. The van der Waals surface area contributed by atoms with Gasteiger partial charge in [0.15, 0.2) is 0 Å². The first kappa shape index (κ1) is 21.5. The molecule has 1 aliphatic rings. The summed E-state index contributed by atoms with van der Waals surface area (Å²) in [6.07, 6.45) is -3.50. The molecule has 0 radical (unpaired) electrons. The van der Waals surface area contributed by atoms with Crippen molar-refractivity contribution in [2.75, 3.05) is 17.8 Å². The molecule has 2 aromatic rings. The Labute approximate surface area is 165 Å². The molecule has 158 valence electrons. The van der Waals surface area contributed by atoms with Crippen LogP contribution in [0.15, 0.2) is 52.3 Å². The van der Waals surface area contributed by atoms with Crippen molar-refractivity contribution in [2.24, 2.45) is 0 Å². The molecule has 1 fully saturated rings. The maximum Gasteiger partial charge on any atom is 0.419 e. The zero-order valence-corrected chi connectivity index (χ0v) is 16.4. The van der Waals surface area contributed by atoms with Gasteiger partial charge in [0, 0.05) is 18.8 Å². The third kappa shape index (κ3) is 4.54. The van der Waals surface area contributed by atoms with Crippen molar-refractivity contribution in [2.45, 2.75) is 28.8 Å². The molecule has 0 saturated carbocycles. The second-order valence-electron chi connectivity index (χ2n) is 6.38. The van der Waals surface area contributed by atoms with Crippen molar-refractivity contribution in [1.82, 2.24) is 4.31 Å². The molecular weight excluding hydrogens is 436 g/mol. The Morgan fingerprint density at radius 1 is 0.862 bits per heavy atom. The van der Waals surface area contributed by atoms with Crippen LogP contribution in [0.3, 0.4) is 0 Å².